The van der Waals surface area contributed by atoms with Crippen LogP contribution in [0.3, 0.4) is 0 Å². The third kappa shape index (κ3) is 2.77. The van der Waals surface area contributed by atoms with Gasteiger partial charge in [0.25, 0.3) is 5.91 Å². The Kier molecular flexibility index (Phi) is 3.95. The van der Waals surface area contributed by atoms with E-state index in [-0.39, 0.29) is 11.1 Å². The Balaban J connectivity index is 2.20. The first kappa shape index (κ1) is 17.5. The zero-order valence-corrected chi connectivity index (χ0v) is 13.4. The minimum atomic E-state index is -4.71. The number of hydrogen-bond acceptors (Lipinski definition) is 3. The quantitative estimate of drug-likeness (QED) is 0.810. The average Bonchev–Trinajstić information content (AvgIpc) is 2.86. The summed E-state index contributed by atoms with van der Waals surface area (Å²) in [5.41, 5.74) is -2.37. The molecule has 2 N–H and O–H groups in total. The van der Waals surface area contributed by atoms with Gasteiger partial charge in [-0.25, -0.2) is 4.79 Å². The fourth-order valence-electron chi connectivity index (χ4n) is 2.85. The van der Waals surface area contributed by atoms with Crippen LogP contribution in [-0.4, -0.2) is 11.9 Å². The fourth-order valence-corrected chi connectivity index (χ4v) is 2.85. The van der Waals surface area contributed by atoms with Gasteiger partial charge in [-0.2, -0.15) is 18.4 Å². The molecule has 0 spiro atoms. The van der Waals surface area contributed by atoms with Crippen LogP contribution in [0.15, 0.2) is 36.4 Å². The zero-order chi connectivity index (χ0) is 19.1. The van der Waals surface area contributed by atoms with Crippen molar-refractivity contribution >= 4 is 11.9 Å². The van der Waals surface area contributed by atoms with Gasteiger partial charge in [-0.1, -0.05) is 24.3 Å². The van der Waals surface area contributed by atoms with Crippen molar-refractivity contribution < 1.29 is 22.8 Å². The molecule has 1 radical (unpaired) electrons. The van der Waals surface area contributed by atoms with Crippen LogP contribution in [0.5, 0.6) is 0 Å². The summed E-state index contributed by atoms with van der Waals surface area (Å²) in [5, 5.41) is 13.5. The third-order valence-electron chi connectivity index (χ3n) is 4.16. The normalized spacial score (nSPS) is 19.7. The summed E-state index contributed by atoms with van der Waals surface area (Å²) in [5.74, 6) is -0.629. The topological polar surface area (TPSA) is 82.0 Å². The van der Waals surface area contributed by atoms with Gasteiger partial charge in [-0.3, -0.25) is 10.1 Å². The Labute approximate surface area is 146 Å². The number of nitrogens with one attached hydrogen (secondary N) is 2. The SMILES string of the molecule is CC1(c2[c]cccc2-c2ccc(C#N)c(C(F)(F)F)c2)NC(=O)NC1=O. The van der Waals surface area contributed by atoms with Crippen molar-refractivity contribution in [2.75, 3.05) is 0 Å². The molecule has 1 atom stereocenters. The van der Waals surface area contributed by atoms with E-state index in [4.69, 9.17) is 5.26 Å². The summed E-state index contributed by atoms with van der Waals surface area (Å²) < 4.78 is 39.7. The number of amides is 3. The fraction of sp³-hybridized carbons (Fsp3) is 0.167. The van der Waals surface area contributed by atoms with Gasteiger partial charge >= 0.3 is 12.2 Å². The van der Waals surface area contributed by atoms with Crippen LogP contribution in [-0.2, 0) is 16.5 Å². The van der Waals surface area contributed by atoms with Gasteiger partial charge in [0.05, 0.1) is 17.2 Å². The van der Waals surface area contributed by atoms with Gasteiger partial charge in [0.15, 0.2) is 0 Å². The maximum atomic E-state index is 13.2. The maximum Gasteiger partial charge on any atom is 0.417 e. The molecule has 2 aromatic carbocycles. The van der Waals surface area contributed by atoms with Crippen LogP contribution in [0.4, 0.5) is 18.0 Å². The van der Waals surface area contributed by atoms with Gasteiger partial charge in [0.1, 0.15) is 5.54 Å². The first-order chi connectivity index (χ1) is 12.2. The lowest BCUT2D eigenvalue weighted by molar-refractivity contribution is -0.137. The molecule has 1 saturated heterocycles. The lowest BCUT2D eigenvalue weighted by Crippen LogP contribution is -2.41. The number of nitrogens with zero attached hydrogens (tertiary/aromatic N) is 1. The molecule has 1 heterocycles. The van der Waals surface area contributed by atoms with Gasteiger partial charge in [-0.05, 0) is 36.2 Å². The number of carbonyl (C=O) groups is 2. The summed E-state index contributed by atoms with van der Waals surface area (Å²) in [6.07, 6.45) is -4.71. The number of nitriles is 1. The number of imide groups is 1. The largest absolute Gasteiger partial charge is 0.417 e. The van der Waals surface area contributed by atoms with E-state index >= 15 is 0 Å². The molecule has 3 rings (SSSR count). The molecule has 1 aliphatic rings. The highest BCUT2D eigenvalue weighted by Gasteiger charge is 2.45. The Morgan fingerprint density at radius 3 is 2.54 bits per heavy atom. The van der Waals surface area contributed by atoms with Crippen LogP contribution < -0.4 is 10.6 Å². The smallest absolute Gasteiger partial charge is 0.320 e. The van der Waals surface area contributed by atoms with Gasteiger partial charge in [0.2, 0.25) is 0 Å². The van der Waals surface area contributed by atoms with Crippen molar-refractivity contribution in [3.8, 4) is 17.2 Å². The molecule has 5 nitrogen and oxygen atoms in total. The number of urea groups is 1. The average molecular weight is 358 g/mol. The Morgan fingerprint density at radius 1 is 1.23 bits per heavy atom. The highest BCUT2D eigenvalue weighted by molar-refractivity contribution is 6.08. The monoisotopic (exact) mass is 358 g/mol. The molecule has 26 heavy (non-hydrogen) atoms. The second kappa shape index (κ2) is 5.88. The zero-order valence-electron chi connectivity index (χ0n) is 13.4. The lowest BCUT2D eigenvalue weighted by Gasteiger charge is -2.24. The Hall–Kier alpha value is -3.34. The Morgan fingerprint density at radius 2 is 1.96 bits per heavy atom. The van der Waals surface area contributed by atoms with Crippen LogP contribution in [0, 0.1) is 17.4 Å². The van der Waals surface area contributed by atoms with Gasteiger partial charge < -0.3 is 5.32 Å². The molecule has 2 aromatic rings. The van der Waals surface area contributed by atoms with Crippen molar-refractivity contribution in [1.82, 2.24) is 10.6 Å². The molecule has 1 aliphatic heterocycles. The molecule has 1 unspecified atom stereocenters. The maximum absolute atomic E-state index is 13.2. The number of hydrogen-bond donors (Lipinski definition) is 2. The minimum absolute atomic E-state index is 0.151. The molecule has 0 aromatic heterocycles. The number of rotatable bonds is 2. The van der Waals surface area contributed by atoms with Crippen molar-refractivity contribution in [3.05, 3.63) is 59.2 Å². The molecular weight excluding hydrogens is 347 g/mol. The van der Waals surface area contributed by atoms with E-state index in [9.17, 15) is 22.8 Å². The highest BCUT2D eigenvalue weighted by atomic mass is 19.4. The summed E-state index contributed by atoms with van der Waals surface area (Å²) in [7, 11) is 0. The molecule has 0 saturated carbocycles. The summed E-state index contributed by atoms with van der Waals surface area (Å²) in [6.45, 7) is 1.44. The number of halogens is 3. The summed E-state index contributed by atoms with van der Waals surface area (Å²) in [6, 6.07) is 11.5. The number of carbonyl (C=O) groups excluding carboxylic acids is 2. The Bertz CT molecular complexity index is 963. The standard InChI is InChI=1S/C18H11F3N3O2/c1-17(15(25)23-16(26)24-17)13-5-3-2-4-12(13)10-6-7-11(9-22)14(8-10)18(19,20)21/h2-4,6-8H,1H3,(H2,23,24,25,26). The molecule has 1 fully saturated rings. The van der Waals surface area contributed by atoms with Crippen molar-refractivity contribution in [1.29, 1.82) is 5.26 Å². The van der Waals surface area contributed by atoms with Gasteiger partial charge in [-0.15, -0.1) is 0 Å². The predicted octanol–water partition coefficient (Wildman–Crippen LogP) is 3.10. The minimum Gasteiger partial charge on any atom is -0.320 e. The molecule has 131 valence electrons. The molecule has 8 heteroatoms. The van der Waals surface area contributed by atoms with Crippen molar-refractivity contribution in [2.45, 2.75) is 18.6 Å². The van der Waals surface area contributed by atoms with Crippen LogP contribution in [0.25, 0.3) is 11.1 Å². The highest BCUT2D eigenvalue weighted by Crippen LogP contribution is 2.38. The first-order valence-electron chi connectivity index (χ1n) is 7.43. The van der Waals surface area contributed by atoms with Gasteiger partial charge in [0, 0.05) is 5.56 Å². The molecule has 3 amide bonds. The van der Waals surface area contributed by atoms with Crippen LogP contribution in [0.1, 0.15) is 23.6 Å². The van der Waals surface area contributed by atoms with E-state index in [1.54, 1.807) is 6.07 Å². The van der Waals surface area contributed by atoms with Crippen molar-refractivity contribution in [2.24, 2.45) is 0 Å². The van der Waals surface area contributed by atoms with E-state index in [0.717, 1.165) is 12.1 Å². The third-order valence-corrected chi connectivity index (χ3v) is 4.16. The summed E-state index contributed by atoms with van der Waals surface area (Å²) in [4.78, 5) is 23.7. The van der Waals surface area contributed by atoms with Crippen molar-refractivity contribution in [3.63, 3.8) is 0 Å². The molecule has 0 bridgehead atoms. The first-order valence-corrected chi connectivity index (χ1v) is 7.43. The van der Waals surface area contributed by atoms with E-state index in [0.29, 0.717) is 5.56 Å². The summed E-state index contributed by atoms with van der Waals surface area (Å²) >= 11 is 0. The van der Waals surface area contributed by atoms with Crippen LogP contribution >= 0.6 is 0 Å². The van der Waals surface area contributed by atoms with E-state index < -0.39 is 34.8 Å². The predicted molar refractivity (Wildman–Crippen MR) is 84.5 cm³/mol. The number of alkyl halides is 3. The second-order valence-electron chi connectivity index (χ2n) is 5.86. The lowest BCUT2D eigenvalue weighted by atomic mass is 9.85. The second-order valence-corrected chi connectivity index (χ2v) is 5.86. The van der Waals surface area contributed by atoms with E-state index in [1.807, 2.05) is 0 Å². The van der Waals surface area contributed by atoms with E-state index in [2.05, 4.69) is 16.7 Å². The van der Waals surface area contributed by atoms with E-state index in [1.165, 1.54) is 31.2 Å². The molecular formula is C18H11F3N3O2. The van der Waals surface area contributed by atoms with Crippen LogP contribution in [0.2, 0.25) is 0 Å². The molecule has 0 aliphatic carbocycles. The number of benzene rings is 2.